The highest BCUT2D eigenvalue weighted by Crippen LogP contribution is 2.22. The normalized spacial score (nSPS) is 15.8. The summed E-state index contributed by atoms with van der Waals surface area (Å²) in [6, 6.07) is 6.44. The van der Waals surface area contributed by atoms with Crippen molar-refractivity contribution in [3.63, 3.8) is 0 Å². The lowest BCUT2D eigenvalue weighted by Gasteiger charge is -2.18. The Morgan fingerprint density at radius 2 is 1.78 bits per heavy atom. The first-order valence-corrected chi connectivity index (χ1v) is 5.58. The predicted octanol–water partition coefficient (Wildman–Crippen LogP) is 2.63. The summed E-state index contributed by atoms with van der Waals surface area (Å²) in [5.41, 5.74) is 2.80. The Hall–Kier alpha value is -2.36. The Kier molecular flexibility index (Phi) is 3.02. The highest BCUT2D eigenvalue weighted by Gasteiger charge is 2.20. The van der Waals surface area contributed by atoms with Crippen molar-refractivity contribution in [2.45, 2.75) is 13.8 Å². The van der Waals surface area contributed by atoms with Gasteiger partial charge in [-0.1, -0.05) is 0 Å². The molecule has 1 aliphatic rings. The molecule has 18 heavy (non-hydrogen) atoms. The first-order valence-electron chi connectivity index (χ1n) is 5.58. The van der Waals surface area contributed by atoms with Crippen LogP contribution in [-0.2, 0) is 4.79 Å². The van der Waals surface area contributed by atoms with E-state index >= 15 is 0 Å². The average Bonchev–Trinajstić information content (AvgIpc) is 2.34. The van der Waals surface area contributed by atoms with E-state index in [1.165, 1.54) is 18.2 Å². The maximum atomic E-state index is 11.9. The van der Waals surface area contributed by atoms with Gasteiger partial charge in [0.2, 0.25) is 5.78 Å². The lowest BCUT2D eigenvalue weighted by molar-refractivity contribution is -0.111. The van der Waals surface area contributed by atoms with Crippen molar-refractivity contribution >= 4 is 17.2 Å². The van der Waals surface area contributed by atoms with Crippen LogP contribution in [0.15, 0.2) is 47.2 Å². The van der Waals surface area contributed by atoms with Crippen molar-refractivity contribution in [1.82, 2.24) is 0 Å². The third-order valence-corrected chi connectivity index (χ3v) is 2.87. The number of ketones is 1. The number of phenolic OH excluding ortho intramolecular Hbond substituents is 1. The molecule has 0 radical (unpaired) electrons. The number of rotatable bonds is 2. The fraction of sp³-hybridized carbons (Fsp3) is 0.143. The number of hydrogen-bond acceptors (Lipinski definition) is 4. The third kappa shape index (κ3) is 2.18. The summed E-state index contributed by atoms with van der Waals surface area (Å²) >= 11 is 0. The van der Waals surface area contributed by atoms with Crippen molar-refractivity contribution in [1.29, 1.82) is 5.41 Å². The predicted molar refractivity (Wildman–Crippen MR) is 70.9 cm³/mol. The van der Waals surface area contributed by atoms with Gasteiger partial charge in [-0.3, -0.25) is 4.79 Å². The second-order valence-electron chi connectivity index (χ2n) is 4.24. The van der Waals surface area contributed by atoms with E-state index in [1.54, 1.807) is 26.0 Å². The molecule has 0 heterocycles. The van der Waals surface area contributed by atoms with Crippen LogP contribution in [0.3, 0.4) is 0 Å². The minimum atomic E-state index is -0.130. The Morgan fingerprint density at radius 1 is 1.17 bits per heavy atom. The van der Waals surface area contributed by atoms with Crippen molar-refractivity contribution in [2.75, 3.05) is 5.32 Å². The number of allylic oxidation sites excluding steroid dienone is 3. The summed E-state index contributed by atoms with van der Waals surface area (Å²) in [5, 5.41) is 20.0. The number of phenols is 1. The molecule has 0 unspecified atom stereocenters. The Labute approximate surface area is 105 Å². The Balaban J connectivity index is 2.31. The zero-order valence-electron chi connectivity index (χ0n) is 10.2. The van der Waals surface area contributed by atoms with E-state index < -0.39 is 0 Å². The van der Waals surface area contributed by atoms with Gasteiger partial charge in [0.25, 0.3) is 0 Å². The molecular formula is C14H14N2O2. The molecule has 0 saturated carbocycles. The molecule has 4 nitrogen and oxygen atoms in total. The number of carbonyl (C=O) groups excluding carboxylic acids is 1. The minimum Gasteiger partial charge on any atom is -0.508 e. The molecule has 0 fully saturated rings. The van der Waals surface area contributed by atoms with E-state index in [4.69, 9.17) is 5.41 Å². The molecule has 1 aromatic carbocycles. The molecule has 0 saturated heterocycles. The summed E-state index contributed by atoms with van der Waals surface area (Å²) in [6.45, 7) is 3.50. The van der Waals surface area contributed by atoms with Gasteiger partial charge in [-0.2, -0.15) is 0 Å². The SMILES string of the molecule is CC1=CC(=O)C(Nc2ccc(O)cc2)=C(C)C1=N. The number of nitrogens with one attached hydrogen (secondary N) is 2. The van der Waals surface area contributed by atoms with Crippen LogP contribution in [0.1, 0.15) is 13.8 Å². The van der Waals surface area contributed by atoms with Gasteiger partial charge in [-0.05, 0) is 49.8 Å². The molecule has 0 bridgehead atoms. The molecule has 1 aliphatic carbocycles. The fourth-order valence-electron chi connectivity index (χ4n) is 1.79. The molecule has 0 atom stereocenters. The van der Waals surface area contributed by atoms with E-state index in [9.17, 15) is 9.90 Å². The Morgan fingerprint density at radius 3 is 2.39 bits per heavy atom. The largest absolute Gasteiger partial charge is 0.508 e. The lowest BCUT2D eigenvalue weighted by Crippen LogP contribution is -2.21. The standard InChI is InChI=1S/C14H14N2O2/c1-8-7-12(18)14(9(2)13(8)15)16-10-3-5-11(17)6-4-10/h3-7,15-17H,1-2H3. The van der Waals surface area contributed by atoms with Crippen LogP contribution in [-0.4, -0.2) is 16.6 Å². The number of hydrogen-bond donors (Lipinski definition) is 3. The zero-order chi connectivity index (χ0) is 13.3. The van der Waals surface area contributed by atoms with E-state index in [0.717, 1.165) is 0 Å². The van der Waals surface area contributed by atoms with Gasteiger partial charge in [-0.15, -0.1) is 0 Å². The molecule has 0 aromatic heterocycles. The molecule has 1 aromatic rings. The first-order chi connectivity index (χ1) is 8.49. The number of aromatic hydroxyl groups is 1. The summed E-state index contributed by atoms with van der Waals surface area (Å²) < 4.78 is 0. The highest BCUT2D eigenvalue weighted by molar-refractivity contribution is 6.24. The van der Waals surface area contributed by atoms with Crippen molar-refractivity contribution < 1.29 is 9.90 Å². The summed E-state index contributed by atoms with van der Waals surface area (Å²) in [6.07, 6.45) is 1.46. The lowest BCUT2D eigenvalue weighted by atomic mass is 9.94. The van der Waals surface area contributed by atoms with Crippen LogP contribution in [0.25, 0.3) is 0 Å². The maximum absolute atomic E-state index is 11.9. The highest BCUT2D eigenvalue weighted by atomic mass is 16.3. The van der Waals surface area contributed by atoms with Crippen molar-refractivity contribution in [3.05, 3.63) is 47.2 Å². The smallest absolute Gasteiger partial charge is 0.202 e. The molecule has 2 rings (SSSR count). The van der Waals surface area contributed by atoms with E-state index in [1.807, 2.05) is 0 Å². The molecule has 3 N–H and O–H groups in total. The van der Waals surface area contributed by atoms with Crippen LogP contribution in [0.2, 0.25) is 0 Å². The monoisotopic (exact) mass is 242 g/mol. The van der Waals surface area contributed by atoms with Crippen LogP contribution in [0.5, 0.6) is 5.75 Å². The summed E-state index contributed by atoms with van der Waals surface area (Å²) in [5.74, 6) is 0.0405. The molecule has 4 heteroatoms. The maximum Gasteiger partial charge on any atom is 0.202 e. The molecular weight excluding hydrogens is 228 g/mol. The second-order valence-corrected chi connectivity index (χ2v) is 4.24. The zero-order valence-corrected chi connectivity index (χ0v) is 10.2. The van der Waals surface area contributed by atoms with Gasteiger partial charge in [-0.25, -0.2) is 0 Å². The van der Waals surface area contributed by atoms with Gasteiger partial charge in [0.15, 0.2) is 0 Å². The average molecular weight is 242 g/mol. The van der Waals surface area contributed by atoms with E-state index in [2.05, 4.69) is 5.32 Å². The minimum absolute atomic E-state index is 0.130. The van der Waals surface area contributed by atoms with Gasteiger partial charge >= 0.3 is 0 Å². The van der Waals surface area contributed by atoms with E-state index in [0.29, 0.717) is 28.2 Å². The number of benzene rings is 1. The summed E-state index contributed by atoms with van der Waals surface area (Å²) in [7, 11) is 0. The molecule has 0 spiro atoms. The number of carbonyl (C=O) groups is 1. The van der Waals surface area contributed by atoms with Crippen LogP contribution >= 0.6 is 0 Å². The van der Waals surface area contributed by atoms with Crippen LogP contribution in [0, 0.1) is 5.41 Å². The van der Waals surface area contributed by atoms with Crippen LogP contribution < -0.4 is 5.32 Å². The third-order valence-electron chi connectivity index (χ3n) is 2.87. The number of anilines is 1. The summed E-state index contributed by atoms with van der Waals surface area (Å²) in [4.78, 5) is 11.9. The Bertz CT molecular complexity index is 580. The molecule has 92 valence electrons. The van der Waals surface area contributed by atoms with Gasteiger partial charge < -0.3 is 15.8 Å². The fourth-order valence-corrected chi connectivity index (χ4v) is 1.79. The first kappa shape index (κ1) is 12.1. The van der Waals surface area contributed by atoms with Crippen LogP contribution in [0.4, 0.5) is 5.69 Å². The topological polar surface area (TPSA) is 73.2 Å². The van der Waals surface area contributed by atoms with Crippen molar-refractivity contribution in [2.24, 2.45) is 0 Å². The van der Waals surface area contributed by atoms with E-state index in [-0.39, 0.29) is 11.5 Å². The molecule has 0 aliphatic heterocycles. The van der Waals surface area contributed by atoms with Gasteiger partial charge in [0.05, 0.1) is 11.4 Å². The molecule has 0 amide bonds. The quantitative estimate of drug-likeness (QED) is 0.551. The van der Waals surface area contributed by atoms with Gasteiger partial charge in [0, 0.05) is 11.3 Å². The second kappa shape index (κ2) is 4.49. The van der Waals surface area contributed by atoms with Gasteiger partial charge in [0.1, 0.15) is 5.75 Å². The van der Waals surface area contributed by atoms with Crippen molar-refractivity contribution in [3.8, 4) is 5.75 Å².